The molecule has 0 unspecified atom stereocenters. The molecule has 0 amide bonds. The molecule has 8 heavy (non-hydrogen) atoms. The molecule has 0 rings (SSSR count). The Balaban J connectivity index is 0. The van der Waals surface area contributed by atoms with E-state index in [2.05, 4.69) is 0 Å². The van der Waals surface area contributed by atoms with Crippen LogP contribution in [0.4, 0.5) is 0 Å². The second kappa shape index (κ2) is 5.28. The van der Waals surface area contributed by atoms with E-state index in [0.29, 0.717) is 0 Å². The van der Waals surface area contributed by atoms with Gasteiger partial charge in [0, 0.05) is 11.9 Å². The summed E-state index contributed by atoms with van der Waals surface area (Å²) in [5.74, 6) is -4.08. The standard InChI is InChI=1S/C4H6O3.Na/c1-2-3(5)4(6)7;/h2H2,1H3,(H,6,7);/q;+1/p-1/i1+1D2,2D2;. The van der Waals surface area contributed by atoms with Gasteiger partial charge in [-0.1, -0.05) is 6.88 Å². The van der Waals surface area contributed by atoms with Gasteiger partial charge in [-0.2, -0.15) is 0 Å². The molecule has 0 aromatic carbocycles. The Morgan fingerprint density at radius 3 is 2.50 bits per heavy atom. The van der Waals surface area contributed by atoms with Crippen molar-refractivity contribution in [3.63, 3.8) is 0 Å². The van der Waals surface area contributed by atoms with Gasteiger partial charge in [0.25, 0.3) is 0 Å². The average Bonchev–Trinajstić information content (AvgIpc) is 1.85. The van der Waals surface area contributed by atoms with Gasteiger partial charge in [-0.15, -0.1) is 0 Å². The molecule has 3 nitrogen and oxygen atoms in total. The Morgan fingerprint density at radius 2 is 2.38 bits per heavy atom. The molecule has 0 aliphatic heterocycles. The van der Waals surface area contributed by atoms with Crippen molar-refractivity contribution in [3.05, 3.63) is 0 Å². The summed E-state index contributed by atoms with van der Waals surface area (Å²) in [6, 6.07) is 0. The topological polar surface area (TPSA) is 57.2 Å². The molecule has 0 radical (unpaired) electrons. The van der Waals surface area contributed by atoms with Crippen molar-refractivity contribution in [2.24, 2.45) is 0 Å². The van der Waals surface area contributed by atoms with Gasteiger partial charge in [0.2, 0.25) is 0 Å². The number of rotatable bonds is 2. The molecule has 0 atom stereocenters. The van der Waals surface area contributed by atoms with Crippen molar-refractivity contribution in [1.82, 2.24) is 0 Å². The van der Waals surface area contributed by atoms with E-state index in [1.807, 2.05) is 0 Å². The first-order valence-corrected chi connectivity index (χ1v) is 1.40. The average molecular weight is 129 g/mol. The Bertz CT molecular complexity index is 193. The van der Waals surface area contributed by atoms with Crippen LogP contribution < -0.4 is 34.7 Å². The molecule has 0 saturated carbocycles. The maximum Gasteiger partial charge on any atom is 1.00 e. The number of carbonyl (C=O) groups is 2. The summed E-state index contributed by atoms with van der Waals surface area (Å²) in [4.78, 5) is 20.1. The zero-order valence-corrected chi connectivity index (χ0v) is 6.30. The third-order valence-electron chi connectivity index (χ3n) is 0.316. The van der Waals surface area contributed by atoms with E-state index in [1.165, 1.54) is 0 Å². The van der Waals surface area contributed by atoms with E-state index < -0.39 is 25.0 Å². The SMILES string of the molecule is [2H][13CH]([2H])C([2H])([2H])C(=O)C(=O)[O-].[Na+]. The van der Waals surface area contributed by atoms with Gasteiger partial charge in [-0.05, 0) is 0 Å². The maximum absolute atomic E-state index is 10.3. The smallest absolute Gasteiger partial charge is 0.542 e. The van der Waals surface area contributed by atoms with Crippen LogP contribution in [0.15, 0.2) is 0 Å². The molecule has 0 saturated heterocycles. The van der Waals surface area contributed by atoms with E-state index in [1.54, 1.807) is 0 Å². The molecule has 0 aliphatic carbocycles. The summed E-state index contributed by atoms with van der Waals surface area (Å²) in [7, 11) is 0. The van der Waals surface area contributed by atoms with Crippen LogP contribution in [0, 0.1) is 0 Å². The maximum atomic E-state index is 10.3. The number of carbonyl (C=O) groups excluding carboxylic acids is 2. The molecular weight excluding hydrogens is 120 g/mol. The fourth-order valence-corrected chi connectivity index (χ4v) is 0.0589. The number of aliphatic carboxylic acids is 1. The van der Waals surface area contributed by atoms with Crippen molar-refractivity contribution >= 4 is 11.8 Å². The van der Waals surface area contributed by atoms with Gasteiger partial charge >= 0.3 is 29.6 Å². The predicted molar refractivity (Wildman–Crippen MR) is 20.3 cm³/mol. The molecule has 4 heteroatoms. The molecule has 0 aromatic heterocycles. The van der Waals surface area contributed by atoms with E-state index in [-0.39, 0.29) is 29.6 Å². The Labute approximate surface area is 75.0 Å². The fourth-order valence-electron chi connectivity index (χ4n) is 0.0589. The van der Waals surface area contributed by atoms with E-state index in [0.717, 1.165) is 0 Å². The third kappa shape index (κ3) is 4.30. The minimum Gasteiger partial charge on any atom is -0.542 e. The Hall–Kier alpha value is 0.140. The van der Waals surface area contributed by atoms with Gasteiger partial charge in [-0.25, -0.2) is 0 Å². The molecule has 0 spiro atoms. The Kier molecular flexibility index (Phi) is 2.66. The quantitative estimate of drug-likeness (QED) is 0.215. The summed E-state index contributed by atoms with van der Waals surface area (Å²) in [5.41, 5.74) is 0. The number of carboxylic acid groups (broad SMARTS) is 1. The van der Waals surface area contributed by atoms with Crippen molar-refractivity contribution in [1.29, 1.82) is 0 Å². The number of Topliss-reactive ketones (excluding diaryl/α,β-unsaturated/α-hetero) is 1. The van der Waals surface area contributed by atoms with E-state index in [4.69, 9.17) is 5.48 Å². The molecule has 40 valence electrons. The third-order valence-corrected chi connectivity index (χ3v) is 0.316. The van der Waals surface area contributed by atoms with Crippen LogP contribution >= 0.6 is 0 Å². The van der Waals surface area contributed by atoms with Crippen LogP contribution in [0.25, 0.3) is 0 Å². The first kappa shape index (κ1) is 4.04. The first-order valence-electron chi connectivity index (χ1n) is 3.56. The van der Waals surface area contributed by atoms with Gasteiger partial charge in [0.1, 0.15) is 5.97 Å². The summed E-state index contributed by atoms with van der Waals surface area (Å²) in [6.07, 6.45) is -2.99. The molecule has 0 bridgehead atoms. The van der Waals surface area contributed by atoms with Crippen LogP contribution in [-0.4, -0.2) is 11.8 Å². The second-order valence-corrected chi connectivity index (χ2v) is 0.761. The van der Waals surface area contributed by atoms with Gasteiger partial charge in [0.15, 0.2) is 5.78 Å². The van der Waals surface area contributed by atoms with Crippen LogP contribution in [-0.2, 0) is 9.59 Å². The molecule has 0 aromatic rings. The minimum absolute atomic E-state index is 0. The fraction of sp³-hybridized carbons (Fsp3) is 0.500. The predicted octanol–water partition coefficient (Wildman–Crippen LogP) is -4.28. The second-order valence-electron chi connectivity index (χ2n) is 0.761. The number of hydrogen-bond acceptors (Lipinski definition) is 3. The monoisotopic (exact) mass is 129 g/mol. The van der Waals surface area contributed by atoms with Gasteiger partial charge in [0.05, 0.1) is 0 Å². The number of hydrogen-bond donors (Lipinski definition) is 0. The van der Waals surface area contributed by atoms with Crippen LogP contribution in [0.5, 0.6) is 0 Å². The zero-order valence-electron chi connectivity index (χ0n) is 8.30. The van der Waals surface area contributed by atoms with Crippen LogP contribution in [0.1, 0.15) is 18.7 Å². The van der Waals surface area contributed by atoms with Crippen molar-refractivity contribution in [2.45, 2.75) is 13.2 Å². The molecule has 0 N–H and O–H groups in total. The van der Waals surface area contributed by atoms with E-state index >= 15 is 0 Å². The normalized spacial score (nSPS) is 16.6. The minimum atomic E-state index is -2.99. The first-order chi connectivity index (χ1) is 4.80. The summed E-state index contributed by atoms with van der Waals surface area (Å²) in [6.45, 7) is -2.16. The van der Waals surface area contributed by atoms with Crippen molar-refractivity contribution in [3.8, 4) is 0 Å². The summed E-state index contributed by atoms with van der Waals surface area (Å²) >= 11 is 0. The summed E-state index contributed by atoms with van der Waals surface area (Å²) in [5, 5.41) is 9.78. The number of carboxylic acids is 1. The van der Waals surface area contributed by atoms with Crippen molar-refractivity contribution in [2.75, 3.05) is 0 Å². The number of ketones is 1. The summed E-state index contributed by atoms with van der Waals surface area (Å²) < 4.78 is 26.2. The van der Waals surface area contributed by atoms with Gasteiger partial charge in [-0.3, -0.25) is 4.79 Å². The molecular formula is C4H5NaO3. The largest absolute Gasteiger partial charge is 1.00 e. The Morgan fingerprint density at radius 1 is 1.88 bits per heavy atom. The van der Waals surface area contributed by atoms with Crippen LogP contribution in [0.3, 0.4) is 0 Å². The van der Waals surface area contributed by atoms with Gasteiger partial charge < -0.3 is 9.90 Å². The van der Waals surface area contributed by atoms with E-state index in [9.17, 15) is 14.7 Å². The molecule has 0 fully saturated rings. The van der Waals surface area contributed by atoms with Crippen molar-refractivity contribution < 1.29 is 49.7 Å². The molecule has 0 heterocycles. The zero-order chi connectivity index (χ0) is 9.23. The van der Waals surface area contributed by atoms with Crippen LogP contribution in [0.2, 0.25) is 0 Å². The molecule has 0 aliphatic rings.